The van der Waals surface area contributed by atoms with Crippen molar-refractivity contribution in [3.05, 3.63) is 29.8 Å². The van der Waals surface area contributed by atoms with E-state index >= 15 is 0 Å². The highest BCUT2D eigenvalue weighted by Crippen LogP contribution is 2.26. The lowest BCUT2D eigenvalue weighted by atomic mass is 10.2. The monoisotopic (exact) mass is 376 g/mol. The van der Waals surface area contributed by atoms with Crippen LogP contribution in [0.1, 0.15) is 12.0 Å². The average molecular weight is 376 g/mol. The molecule has 12 heteroatoms. The van der Waals surface area contributed by atoms with Gasteiger partial charge < -0.3 is 14.6 Å². The summed E-state index contributed by atoms with van der Waals surface area (Å²) in [5.74, 6) is -0.473. The number of carbonyl (C=O) groups excluding carboxylic acids is 1. The van der Waals surface area contributed by atoms with Crippen LogP contribution in [-0.2, 0) is 19.2 Å². The Kier molecular flexibility index (Phi) is 9.50. The number of carbonyl (C=O) groups is 1. The zero-order valence-electron chi connectivity index (χ0n) is 13.8. The van der Waals surface area contributed by atoms with E-state index in [1.54, 1.807) is 6.07 Å². The number of nitrogens with zero attached hydrogens (tertiary/aromatic N) is 2. The summed E-state index contributed by atoms with van der Waals surface area (Å²) >= 11 is 0. The predicted octanol–water partition coefficient (Wildman–Crippen LogP) is 0.740. The van der Waals surface area contributed by atoms with E-state index in [2.05, 4.69) is 9.68 Å². The maximum absolute atomic E-state index is 11.6. The van der Waals surface area contributed by atoms with E-state index in [1.165, 1.54) is 25.3 Å². The Morgan fingerprint density at radius 3 is 2.58 bits per heavy atom. The number of hydrogen-bond acceptors (Lipinski definition) is 12. The fourth-order valence-electron chi connectivity index (χ4n) is 1.75. The maximum atomic E-state index is 11.6. The third kappa shape index (κ3) is 8.70. The molecule has 0 heterocycles. The van der Waals surface area contributed by atoms with Crippen molar-refractivity contribution in [2.45, 2.75) is 12.5 Å². The molecule has 12 nitrogen and oxygen atoms in total. The molecule has 0 saturated carbocycles. The highest BCUT2D eigenvalue weighted by atomic mass is 17.1. The van der Waals surface area contributed by atoms with Crippen LogP contribution in [0.25, 0.3) is 6.08 Å². The minimum Gasteiger partial charge on any atom is -0.504 e. The van der Waals surface area contributed by atoms with Crippen LogP contribution in [0.3, 0.4) is 0 Å². The molecule has 1 unspecified atom stereocenters. The molecular formula is C14H20N2O10. The van der Waals surface area contributed by atoms with E-state index in [4.69, 9.17) is 30.3 Å². The second-order valence-corrected chi connectivity index (χ2v) is 4.75. The number of phenols is 1. The Bertz CT molecular complexity index is 593. The molecule has 5 N–H and O–H groups in total. The largest absolute Gasteiger partial charge is 0.504 e. The fraction of sp³-hybridized carbons (Fsp3) is 0.357. The van der Waals surface area contributed by atoms with E-state index in [9.17, 15) is 9.90 Å². The summed E-state index contributed by atoms with van der Waals surface area (Å²) in [6.45, 7) is -0.647. The molecule has 1 atom stereocenters. The number of benzene rings is 1. The molecule has 0 amide bonds. The maximum Gasteiger partial charge on any atom is 0.330 e. The molecule has 1 aromatic rings. The highest BCUT2D eigenvalue weighted by Gasteiger charge is 2.16. The first-order valence-corrected chi connectivity index (χ1v) is 7.19. The summed E-state index contributed by atoms with van der Waals surface area (Å²) in [6.07, 6.45) is 1.49. The lowest BCUT2D eigenvalue weighted by molar-refractivity contribution is -0.527. The van der Waals surface area contributed by atoms with E-state index in [0.29, 0.717) is 5.56 Å². The Morgan fingerprint density at radius 2 is 1.96 bits per heavy atom. The average Bonchev–Trinajstić information content (AvgIpc) is 2.58. The summed E-state index contributed by atoms with van der Waals surface area (Å²) in [5, 5.41) is 42.4. The van der Waals surface area contributed by atoms with Gasteiger partial charge >= 0.3 is 5.97 Å². The number of rotatable bonds is 11. The zero-order valence-corrected chi connectivity index (χ0v) is 13.8. The summed E-state index contributed by atoms with van der Waals surface area (Å²) < 4.78 is 9.85. The van der Waals surface area contributed by atoms with Gasteiger partial charge in [-0.2, -0.15) is 0 Å². The van der Waals surface area contributed by atoms with Crippen LogP contribution in [0.2, 0.25) is 0 Å². The summed E-state index contributed by atoms with van der Waals surface area (Å²) in [6, 6.07) is 4.50. The normalized spacial score (nSPS) is 12.7. The standard InChI is InChI=1S/C14H20N2O10/c1-23-13-8-10(2-4-12(13)17)3-5-14(18)24-7-6-11(26-16(21)22)9-25-15(19)20/h2-5,8,11,17,19-22H,6-7,9H2,1H3/b5-3+. The van der Waals surface area contributed by atoms with Crippen LogP contribution in [0.5, 0.6) is 11.5 Å². The van der Waals surface area contributed by atoms with Gasteiger partial charge in [0.05, 0.1) is 24.5 Å². The SMILES string of the molecule is COc1cc(/C=C/C(=O)OCCC(CON(O)O)ON(O)O)ccc1O. The second kappa shape index (κ2) is 11.3. The van der Waals surface area contributed by atoms with Crippen molar-refractivity contribution in [2.75, 3.05) is 20.3 Å². The molecular weight excluding hydrogens is 356 g/mol. The van der Waals surface area contributed by atoms with Crippen LogP contribution in [0, 0.1) is 0 Å². The van der Waals surface area contributed by atoms with Gasteiger partial charge in [0, 0.05) is 12.5 Å². The van der Waals surface area contributed by atoms with Gasteiger partial charge in [-0.25, -0.2) is 14.5 Å². The van der Waals surface area contributed by atoms with Gasteiger partial charge in [-0.1, -0.05) is 6.07 Å². The van der Waals surface area contributed by atoms with E-state index < -0.39 is 29.5 Å². The first-order valence-electron chi connectivity index (χ1n) is 7.19. The quantitative estimate of drug-likeness (QED) is 0.209. The number of ether oxygens (including phenoxy) is 2. The lowest BCUT2D eigenvalue weighted by Gasteiger charge is -2.18. The zero-order chi connectivity index (χ0) is 19.5. The smallest absolute Gasteiger partial charge is 0.330 e. The molecule has 0 aliphatic rings. The topological polar surface area (TPSA) is 162 Å². The predicted molar refractivity (Wildman–Crippen MR) is 80.9 cm³/mol. The molecule has 0 spiro atoms. The molecule has 0 bridgehead atoms. The fourth-order valence-corrected chi connectivity index (χ4v) is 1.75. The van der Waals surface area contributed by atoms with Gasteiger partial charge in [-0.05, 0) is 23.8 Å². The molecule has 0 radical (unpaired) electrons. The van der Waals surface area contributed by atoms with Crippen LogP contribution in [0.15, 0.2) is 24.3 Å². The highest BCUT2D eigenvalue weighted by molar-refractivity contribution is 5.87. The summed E-state index contributed by atoms with van der Waals surface area (Å²) in [4.78, 5) is 20.4. The van der Waals surface area contributed by atoms with Crippen molar-refractivity contribution < 1.29 is 49.9 Å². The Labute approximate surface area is 147 Å². The van der Waals surface area contributed by atoms with Gasteiger partial charge in [0.25, 0.3) is 0 Å². The molecule has 0 aliphatic heterocycles. The van der Waals surface area contributed by atoms with Crippen LogP contribution in [-0.4, -0.2) is 69.1 Å². The molecule has 1 rings (SSSR count). The summed E-state index contributed by atoms with van der Waals surface area (Å²) in [5.41, 5.74) is 0.591. The Hall–Kier alpha value is -2.29. The molecule has 1 aromatic carbocycles. The number of hydrogen-bond donors (Lipinski definition) is 5. The van der Waals surface area contributed by atoms with Gasteiger partial charge in [0.1, 0.15) is 12.7 Å². The molecule has 0 aromatic heterocycles. The van der Waals surface area contributed by atoms with Crippen molar-refractivity contribution >= 4 is 12.0 Å². The first kappa shape index (κ1) is 21.8. The lowest BCUT2D eigenvalue weighted by Crippen LogP contribution is -2.32. The first-order chi connectivity index (χ1) is 12.3. The molecule has 0 saturated heterocycles. The van der Waals surface area contributed by atoms with Crippen LogP contribution >= 0.6 is 0 Å². The van der Waals surface area contributed by atoms with E-state index in [-0.39, 0.29) is 24.5 Å². The van der Waals surface area contributed by atoms with Crippen molar-refractivity contribution in [3.8, 4) is 11.5 Å². The number of esters is 1. The van der Waals surface area contributed by atoms with Gasteiger partial charge in [0.15, 0.2) is 11.5 Å². The van der Waals surface area contributed by atoms with Crippen LogP contribution < -0.4 is 4.74 Å². The van der Waals surface area contributed by atoms with Crippen molar-refractivity contribution in [1.29, 1.82) is 0 Å². The molecule has 0 fully saturated rings. The van der Waals surface area contributed by atoms with Crippen molar-refractivity contribution in [1.82, 2.24) is 10.8 Å². The van der Waals surface area contributed by atoms with E-state index in [0.717, 1.165) is 6.08 Å². The van der Waals surface area contributed by atoms with Gasteiger partial charge in [0.2, 0.25) is 0 Å². The third-order valence-corrected chi connectivity index (χ3v) is 2.92. The number of phenolic OH excluding ortho intramolecular Hbond substituents is 1. The molecule has 146 valence electrons. The second-order valence-electron chi connectivity index (χ2n) is 4.75. The molecule has 26 heavy (non-hydrogen) atoms. The van der Waals surface area contributed by atoms with Crippen molar-refractivity contribution in [2.24, 2.45) is 0 Å². The number of aromatic hydroxyl groups is 1. The Balaban J connectivity index is 2.46. The van der Waals surface area contributed by atoms with Gasteiger partial charge in [-0.15, -0.1) is 0 Å². The number of methoxy groups -OCH3 is 1. The minimum atomic E-state index is -1.05. The van der Waals surface area contributed by atoms with Crippen LogP contribution in [0.4, 0.5) is 0 Å². The minimum absolute atomic E-state index is 0.0355. The van der Waals surface area contributed by atoms with E-state index in [1.807, 2.05) is 0 Å². The van der Waals surface area contributed by atoms with Gasteiger partial charge in [-0.3, -0.25) is 20.8 Å². The summed E-state index contributed by atoms with van der Waals surface area (Å²) in [7, 11) is 1.39. The van der Waals surface area contributed by atoms with Crippen molar-refractivity contribution in [3.63, 3.8) is 0 Å². The Morgan fingerprint density at radius 1 is 1.23 bits per heavy atom. The third-order valence-electron chi connectivity index (χ3n) is 2.92. The molecule has 0 aliphatic carbocycles.